The van der Waals surface area contributed by atoms with E-state index in [9.17, 15) is 13.2 Å². The first-order valence-corrected chi connectivity index (χ1v) is 6.95. The molecule has 3 rings (SSSR count). The molecule has 0 saturated carbocycles. The smallest absolute Gasteiger partial charge is 0.280 e. The molecule has 0 amide bonds. The van der Waals surface area contributed by atoms with Crippen molar-refractivity contribution in [3.8, 4) is 0 Å². The average Bonchev–Trinajstić information content (AvgIpc) is 2.66. The topological polar surface area (TPSA) is 12.4 Å². The van der Waals surface area contributed by atoms with Crippen molar-refractivity contribution in [2.24, 2.45) is 4.99 Å². The van der Waals surface area contributed by atoms with E-state index in [0.717, 1.165) is 34.5 Å². The number of alkyl halides is 3. The van der Waals surface area contributed by atoms with Gasteiger partial charge in [0.2, 0.25) is 0 Å². The zero-order valence-corrected chi connectivity index (χ0v) is 12.0. The van der Waals surface area contributed by atoms with Gasteiger partial charge in [-0.3, -0.25) is 4.99 Å². The van der Waals surface area contributed by atoms with E-state index in [1.807, 2.05) is 37.3 Å². The van der Waals surface area contributed by atoms with E-state index in [0.29, 0.717) is 12.1 Å². The first kappa shape index (κ1) is 14.6. The number of aliphatic imine (C=N–C) groups is 1. The largest absolute Gasteiger partial charge is 0.416 e. The fourth-order valence-electron chi connectivity index (χ4n) is 2.57. The minimum Gasteiger partial charge on any atom is -0.280 e. The highest BCUT2D eigenvalue weighted by atomic mass is 19.4. The molecule has 0 aliphatic carbocycles. The van der Waals surface area contributed by atoms with E-state index in [1.54, 1.807) is 0 Å². The van der Waals surface area contributed by atoms with Crippen molar-refractivity contribution in [1.82, 2.24) is 0 Å². The van der Waals surface area contributed by atoms with Crippen molar-refractivity contribution in [3.05, 3.63) is 76.9 Å². The molecule has 0 fully saturated rings. The van der Waals surface area contributed by atoms with Gasteiger partial charge in [0, 0.05) is 11.1 Å². The summed E-state index contributed by atoms with van der Waals surface area (Å²) in [4.78, 5) is 4.54. The Hall–Kier alpha value is -2.36. The maximum Gasteiger partial charge on any atom is 0.416 e. The Morgan fingerprint density at radius 3 is 2.18 bits per heavy atom. The van der Waals surface area contributed by atoms with Crippen LogP contribution in [0.3, 0.4) is 0 Å². The predicted molar refractivity (Wildman–Crippen MR) is 82.0 cm³/mol. The zero-order valence-electron chi connectivity index (χ0n) is 12.0. The molecular weight excluding hydrogens is 287 g/mol. The number of benzene rings is 2. The Morgan fingerprint density at radius 2 is 1.55 bits per heavy atom. The molecule has 112 valence electrons. The van der Waals surface area contributed by atoms with Gasteiger partial charge in [-0.1, -0.05) is 42.5 Å². The molecule has 0 spiro atoms. The molecule has 0 atom stereocenters. The lowest BCUT2D eigenvalue weighted by molar-refractivity contribution is -0.137. The third-order valence-electron chi connectivity index (χ3n) is 3.74. The van der Waals surface area contributed by atoms with Gasteiger partial charge in [0.1, 0.15) is 0 Å². The fraction of sp³-hybridized carbons (Fsp3) is 0.167. The Labute approximate surface area is 126 Å². The second kappa shape index (κ2) is 5.44. The van der Waals surface area contributed by atoms with Gasteiger partial charge in [-0.15, -0.1) is 0 Å². The minimum atomic E-state index is -4.32. The van der Waals surface area contributed by atoms with Crippen LogP contribution in [0.2, 0.25) is 0 Å². The van der Waals surface area contributed by atoms with Crippen molar-refractivity contribution in [2.75, 3.05) is 6.54 Å². The van der Waals surface area contributed by atoms with Crippen molar-refractivity contribution >= 4 is 11.3 Å². The van der Waals surface area contributed by atoms with Gasteiger partial charge < -0.3 is 0 Å². The van der Waals surface area contributed by atoms with Crippen molar-refractivity contribution in [1.29, 1.82) is 0 Å². The van der Waals surface area contributed by atoms with Crippen LogP contribution in [-0.2, 0) is 6.18 Å². The van der Waals surface area contributed by atoms with E-state index in [2.05, 4.69) is 4.99 Å². The van der Waals surface area contributed by atoms with E-state index in [1.165, 1.54) is 12.1 Å². The van der Waals surface area contributed by atoms with Crippen LogP contribution in [0.5, 0.6) is 0 Å². The summed E-state index contributed by atoms with van der Waals surface area (Å²) in [5.74, 6) is 0. The van der Waals surface area contributed by atoms with Crippen LogP contribution in [0.15, 0.2) is 59.6 Å². The van der Waals surface area contributed by atoms with Crippen molar-refractivity contribution in [3.63, 3.8) is 0 Å². The van der Waals surface area contributed by atoms with Crippen LogP contribution in [0, 0.1) is 0 Å². The van der Waals surface area contributed by atoms with E-state index < -0.39 is 11.7 Å². The molecule has 0 radical (unpaired) electrons. The van der Waals surface area contributed by atoms with E-state index >= 15 is 0 Å². The highest BCUT2D eigenvalue weighted by Crippen LogP contribution is 2.30. The Balaban J connectivity index is 2.06. The standard InChI is InChI=1S/C18H14F3N/c1-12-10-11-22-17(16-5-3-2-4-15(12)16)13-6-8-14(9-7-13)18(19,20)21/h2-10H,11H2,1H3. The summed E-state index contributed by atoms with van der Waals surface area (Å²) in [5, 5.41) is 0. The molecule has 0 N–H and O–H groups in total. The van der Waals surface area contributed by atoms with Gasteiger partial charge in [0.25, 0.3) is 0 Å². The van der Waals surface area contributed by atoms with E-state index in [4.69, 9.17) is 0 Å². The second-order valence-corrected chi connectivity index (χ2v) is 5.20. The highest BCUT2D eigenvalue weighted by molar-refractivity contribution is 6.15. The third-order valence-corrected chi connectivity index (χ3v) is 3.74. The Bertz CT molecular complexity index is 753. The molecule has 0 aromatic heterocycles. The predicted octanol–water partition coefficient (Wildman–Crippen LogP) is 4.96. The van der Waals surface area contributed by atoms with Crippen molar-refractivity contribution < 1.29 is 13.2 Å². The van der Waals surface area contributed by atoms with Crippen LogP contribution in [0.1, 0.15) is 29.2 Å². The maximum absolute atomic E-state index is 12.7. The highest BCUT2D eigenvalue weighted by Gasteiger charge is 2.30. The summed E-state index contributed by atoms with van der Waals surface area (Å²) in [6, 6.07) is 13.0. The van der Waals surface area contributed by atoms with Crippen molar-refractivity contribution in [2.45, 2.75) is 13.1 Å². The van der Waals surface area contributed by atoms with Crippen LogP contribution in [0.4, 0.5) is 13.2 Å². The summed E-state index contributed by atoms with van der Waals surface area (Å²) in [7, 11) is 0. The Kier molecular flexibility index (Phi) is 3.61. The number of hydrogen-bond donors (Lipinski definition) is 0. The number of allylic oxidation sites excluding steroid dienone is 1. The molecule has 0 bridgehead atoms. The fourth-order valence-corrected chi connectivity index (χ4v) is 2.57. The summed E-state index contributed by atoms with van der Waals surface area (Å²) in [5.41, 5.74) is 3.93. The van der Waals surface area contributed by atoms with E-state index in [-0.39, 0.29) is 0 Å². The van der Waals surface area contributed by atoms with Crippen LogP contribution >= 0.6 is 0 Å². The number of hydrogen-bond acceptors (Lipinski definition) is 1. The molecule has 0 saturated heterocycles. The number of rotatable bonds is 1. The molecule has 1 nitrogen and oxygen atoms in total. The van der Waals surface area contributed by atoms with Gasteiger partial charge in [-0.05, 0) is 30.2 Å². The summed E-state index contributed by atoms with van der Waals surface area (Å²) < 4.78 is 38.0. The normalized spacial score (nSPS) is 14.7. The van der Waals surface area contributed by atoms with Crippen LogP contribution < -0.4 is 0 Å². The third kappa shape index (κ3) is 2.69. The lowest BCUT2D eigenvalue weighted by Crippen LogP contribution is -2.08. The lowest BCUT2D eigenvalue weighted by Gasteiger charge is -2.12. The maximum atomic E-state index is 12.7. The second-order valence-electron chi connectivity index (χ2n) is 5.20. The monoisotopic (exact) mass is 301 g/mol. The van der Waals surface area contributed by atoms with Gasteiger partial charge in [0.05, 0.1) is 17.8 Å². The van der Waals surface area contributed by atoms with Gasteiger partial charge >= 0.3 is 6.18 Å². The molecule has 4 heteroatoms. The first-order valence-electron chi connectivity index (χ1n) is 6.95. The summed E-state index contributed by atoms with van der Waals surface area (Å²) in [6.07, 6.45) is -2.30. The summed E-state index contributed by atoms with van der Waals surface area (Å²) >= 11 is 0. The Morgan fingerprint density at radius 1 is 0.909 bits per heavy atom. The number of nitrogens with zero attached hydrogens (tertiary/aromatic N) is 1. The molecule has 1 heterocycles. The molecule has 1 aliphatic rings. The number of halogens is 3. The molecule has 0 unspecified atom stereocenters. The lowest BCUT2D eigenvalue weighted by atomic mass is 9.94. The molecule has 2 aromatic carbocycles. The molecule has 2 aromatic rings. The molecular formula is C18H14F3N. The first-order chi connectivity index (χ1) is 10.5. The minimum absolute atomic E-state index is 0.525. The van der Waals surface area contributed by atoms with Crippen LogP contribution in [-0.4, -0.2) is 12.3 Å². The SMILES string of the molecule is CC1=CCN=C(c2ccc(C(F)(F)F)cc2)c2ccccc21. The van der Waals surface area contributed by atoms with Crippen LogP contribution in [0.25, 0.3) is 5.57 Å². The average molecular weight is 301 g/mol. The summed E-state index contributed by atoms with van der Waals surface area (Å²) in [6.45, 7) is 2.54. The molecule has 1 aliphatic heterocycles. The quantitative estimate of drug-likeness (QED) is 0.706. The van der Waals surface area contributed by atoms with Gasteiger partial charge in [-0.2, -0.15) is 13.2 Å². The number of fused-ring (bicyclic) bond motifs is 1. The van der Waals surface area contributed by atoms with Gasteiger partial charge in [-0.25, -0.2) is 0 Å². The zero-order chi connectivity index (χ0) is 15.7. The molecule has 22 heavy (non-hydrogen) atoms. The van der Waals surface area contributed by atoms with Gasteiger partial charge in [0.15, 0.2) is 0 Å².